The molecule has 2 aromatic heterocycles. The van der Waals surface area contributed by atoms with Crippen LogP contribution in [0.25, 0.3) is 10.2 Å². The fraction of sp³-hybridized carbons (Fsp3) is 0.421. The average Bonchev–Trinajstić information content (AvgIpc) is 3.25. The standard InChI is InChI=1S/C19H20N4O2S/c24-15(10-19(25)7-3-8-19)23-9-6-13-16(21-11-20-13)17(23)18-22-12-4-1-2-5-14(12)26-18/h1-2,4-5,11,17,25H,3,6-10H2,(H,20,21)/t17-/m0/s1. The van der Waals surface area contributed by atoms with Crippen molar-refractivity contribution in [1.82, 2.24) is 19.9 Å². The summed E-state index contributed by atoms with van der Waals surface area (Å²) < 4.78 is 1.11. The summed E-state index contributed by atoms with van der Waals surface area (Å²) in [6.07, 6.45) is 5.06. The molecule has 6 nitrogen and oxygen atoms in total. The molecule has 0 unspecified atom stereocenters. The lowest BCUT2D eigenvalue weighted by Crippen LogP contribution is -2.47. The first-order chi connectivity index (χ1) is 12.6. The van der Waals surface area contributed by atoms with Crippen LogP contribution in [0.1, 0.15) is 48.1 Å². The first-order valence-corrected chi connectivity index (χ1v) is 9.84. The van der Waals surface area contributed by atoms with Crippen molar-refractivity contribution in [2.24, 2.45) is 0 Å². The van der Waals surface area contributed by atoms with Crippen molar-refractivity contribution in [3.63, 3.8) is 0 Å². The van der Waals surface area contributed by atoms with Crippen molar-refractivity contribution in [3.05, 3.63) is 47.0 Å². The number of rotatable bonds is 3. The molecule has 1 amide bonds. The number of carbonyl (C=O) groups is 1. The van der Waals surface area contributed by atoms with E-state index in [9.17, 15) is 9.90 Å². The maximum Gasteiger partial charge on any atom is 0.226 e. The van der Waals surface area contributed by atoms with Crippen molar-refractivity contribution in [1.29, 1.82) is 0 Å². The average molecular weight is 368 g/mol. The number of amides is 1. The summed E-state index contributed by atoms with van der Waals surface area (Å²) in [6, 6.07) is 7.74. The number of H-pyrrole nitrogens is 1. The van der Waals surface area contributed by atoms with Crippen LogP contribution >= 0.6 is 11.3 Å². The lowest BCUT2D eigenvalue weighted by molar-refractivity contribution is -0.142. The number of nitrogens with zero attached hydrogens (tertiary/aromatic N) is 3. The molecule has 1 saturated carbocycles. The molecule has 0 spiro atoms. The van der Waals surface area contributed by atoms with Crippen LogP contribution in [0.3, 0.4) is 0 Å². The summed E-state index contributed by atoms with van der Waals surface area (Å²) >= 11 is 1.61. The second kappa shape index (κ2) is 5.89. The Bertz CT molecular complexity index is 942. The second-order valence-electron chi connectivity index (χ2n) is 7.28. The van der Waals surface area contributed by atoms with E-state index in [0.29, 0.717) is 19.4 Å². The molecule has 7 heteroatoms. The van der Waals surface area contributed by atoms with Crippen molar-refractivity contribution in [3.8, 4) is 0 Å². The fourth-order valence-corrected chi connectivity index (χ4v) is 5.03. The number of para-hydroxylation sites is 1. The maximum absolute atomic E-state index is 13.0. The maximum atomic E-state index is 13.0. The van der Waals surface area contributed by atoms with E-state index in [-0.39, 0.29) is 18.4 Å². The number of benzene rings is 1. The summed E-state index contributed by atoms with van der Waals surface area (Å²) in [6.45, 7) is 0.616. The van der Waals surface area contributed by atoms with E-state index in [1.54, 1.807) is 17.7 Å². The minimum Gasteiger partial charge on any atom is -0.389 e. The van der Waals surface area contributed by atoms with E-state index in [2.05, 4.69) is 9.97 Å². The second-order valence-corrected chi connectivity index (χ2v) is 8.34. The molecule has 0 bridgehead atoms. The van der Waals surface area contributed by atoms with Crippen LogP contribution in [0.2, 0.25) is 0 Å². The van der Waals surface area contributed by atoms with Gasteiger partial charge in [-0.2, -0.15) is 0 Å². The highest BCUT2D eigenvalue weighted by Gasteiger charge is 2.42. The first kappa shape index (κ1) is 16.0. The van der Waals surface area contributed by atoms with E-state index < -0.39 is 5.60 Å². The number of aromatic nitrogens is 3. The van der Waals surface area contributed by atoms with Crippen LogP contribution < -0.4 is 0 Å². The third kappa shape index (κ3) is 2.54. The number of hydrogen-bond donors (Lipinski definition) is 2. The zero-order chi connectivity index (χ0) is 17.7. The van der Waals surface area contributed by atoms with Crippen molar-refractivity contribution in [2.45, 2.75) is 43.7 Å². The van der Waals surface area contributed by atoms with Gasteiger partial charge in [-0.3, -0.25) is 4.79 Å². The van der Waals surface area contributed by atoms with Crippen LogP contribution in [0.4, 0.5) is 0 Å². The van der Waals surface area contributed by atoms with Gasteiger partial charge in [0.15, 0.2) is 0 Å². The third-order valence-corrected chi connectivity index (χ3v) is 6.64. The van der Waals surface area contributed by atoms with Gasteiger partial charge in [-0.25, -0.2) is 9.97 Å². The van der Waals surface area contributed by atoms with Crippen LogP contribution in [0.5, 0.6) is 0 Å². The Labute approximate surface area is 154 Å². The molecule has 2 N–H and O–H groups in total. The lowest BCUT2D eigenvalue weighted by Gasteiger charge is -2.40. The number of carbonyl (C=O) groups excluding carboxylic acids is 1. The monoisotopic (exact) mass is 368 g/mol. The Morgan fingerprint density at radius 1 is 1.38 bits per heavy atom. The molecular weight excluding hydrogens is 348 g/mol. The van der Waals surface area contributed by atoms with Crippen molar-refractivity contribution in [2.75, 3.05) is 6.54 Å². The van der Waals surface area contributed by atoms with Crippen molar-refractivity contribution >= 4 is 27.5 Å². The Balaban J connectivity index is 1.54. The Hall–Kier alpha value is -2.25. The molecule has 1 atom stereocenters. The number of nitrogens with one attached hydrogen (secondary N) is 1. The molecule has 5 rings (SSSR count). The van der Waals surface area contributed by atoms with Gasteiger partial charge in [-0.1, -0.05) is 12.1 Å². The quantitative estimate of drug-likeness (QED) is 0.745. The number of hydrogen-bond acceptors (Lipinski definition) is 5. The van der Waals surface area contributed by atoms with E-state index in [1.807, 2.05) is 29.2 Å². The molecule has 1 aliphatic carbocycles. The number of imidazole rings is 1. The number of aliphatic hydroxyl groups is 1. The summed E-state index contributed by atoms with van der Waals surface area (Å²) in [5.41, 5.74) is 2.08. The van der Waals surface area contributed by atoms with Gasteiger partial charge >= 0.3 is 0 Å². The van der Waals surface area contributed by atoms with Gasteiger partial charge in [0, 0.05) is 18.7 Å². The van der Waals surface area contributed by atoms with Crippen LogP contribution in [-0.4, -0.2) is 43.0 Å². The zero-order valence-corrected chi connectivity index (χ0v) is 15.1. The van der Waals surface area contributed by atoms with Gasteiger partial charge in [0.1, 0.15) is 11.0 Å². The molecule has 1 aromatic carbocycles. The number of fused-ring (bicyclic) bond motifs is 2. The first-order valence-electron chi connectivity index (χ1n) is 9.02. The topological polar surface area (TPSA) is 82.1 Å². The summed E-state index contributed by atoms with van der Waals surface area (Å²) in [4.78, 5) is 27.4. The molecule has 0 saturated heterocycles. The largest absolute Gasteiger partial charge is 0.389 e. The van der Waals surface area contributed by atoms with Crippen LogP contribution in [0.15, 0.2) is 30.6 Å². The lowest BCUT2D eigenvalue weighted by atomic mass is 9.77. The summed E-state index contributed by atoms with van der Waals surface area (Å²) in [5, 5.41) is 11.3. The predicted octanol–water partition coefficient (Wildman–Crippen LogP) is 2.80. The van der Waals surface area contributed by atoms with E-state index >= 15 is 0 Å². The fourth-order valence-electron chi connectivity index (χ4n) is 3.95. The number of thiazole rings is 1. The molecule has 134 valence electrons. The van der Waals surface area contributed by atoms with E-state index in [0.717, 1.165) is 39.5 Å². The van der Waals surface area contributed by atoms with Gasteiger partial charge in [0.25, 0.3) is 0 Å². The highest BCUT2D eigenvalue weighted by molar-refractivity contribution is 7.18. The van der Waals surface area contributed by atoms with E-state index in [1.165, 1.54) is 0 Å². The third-order valence-electron chi connectivity index (χ3n) is 5.55. The molecule has 26 heavy (non-hydrogen) atoms. The molecule has 3 heterocycles. The minimum atomic E-state index is -0.818. The minimum absolute atomic E-state index is 0.00916. The highest BCUT2D eigenvalue weighted by Crippen LogP contribution is 2.40. The predicted molar refractivity (Wildman–Crippen MR) is 98.9 cm³/mol. The molecule has 1 fully saturated rings. The van der Waals surface area contributed by atoms with Gasteiger partial charge in [-0.15, -0.1) is 11.3 Å². The highest BCUT2D eigenvalue weighted by atomic mass is 32.1. The zero-order valence-electron chi connectivity index (χ0n) is 14.3. The molecule has 1 aliphatic heterocycles. The van der Waals surface area contributed by atoms with Gasteiger partial charge in [-0.05, 0) is 31.4 Å². The van der Waals surface area contributed by atoms with Gasteiger partial charge in [0.2, 0.25) is 5.91 Å². The Morgan fingerprint density at radius 3 is 3.00 bits per heavy atom. The summed E-state index contributed by atoms with van der Waals surface area (Å²) in [7, 11) is 0. The van der Waals surface area contributed by atoms with Crippen LogP contribution in [0, 0.1) is 0 Å². The van der Waals surface area contributed by atoms with Crippen molar-refractivity contribution < 1.29 is 9.90 Å². The van der Waals surface area contributed by atoms with E-state index in [4.69, 9.17) is 4.98 Å². The molecule has 0 radical (unpaired) electrons. The molecule has 3 aromatic rings. The van der Waals surface area contributed by atoms with Gasteiger partial charge in [0.05, 0.1) is 34.3 Å². The molecular formula is C19H20N4O2S. The normalized spacial score (nSPS) is 21.4. The number of aromatic amines is 1. The SMILES string of the molecule is O=C(CC1(O)CCC1)N1CCc2[nH]cnc2[C@H]1c1nc2ccccc2s1. The smallest absolute Gasteiger partial charge is 0.226 e. The van der Waals surface area contributed by atoms with Gasteiger partial charge < -0.3 is 15.0 Å². The Morgan fingerprint density at radius 2 is 2.23 bits per heavy atom. The van der Waals surface area contributed by atoms with Crippen LogP contribution in [-0.2, 0) is 11.2 Å². The Kier molecular flexibility index (Phi) is 3.62. The molecule has 2 aliphatic rings. The summed E-state index contributed by atoms with van der Waals surface area (Å²) in [5.74, 6) is -0.00916.